The van der Waals surface area contributed by atoms with Crippen LogP contribution in [0.5, 0.6) is 5.75 Å². The molecule has 0 bridgehead atoms. The van der Waals surface area contributed by atoms with Crippen LogP contribution >= 0.6 is 0 Å². The molecule has 7 heteroatoms. The molecule has 4 N–H and O–H groups in total. The van der Waals surface area contributed by atoms with Crippen molar-refractivity contribution in [1.82, 2.24) is 0 Å². The van der Waals surface area contributed by atoms with E-state index in [2.05, 4.69) is 10.6 Å². The van der Waals surface area contributed by atoms with Crippen LogP contribution in [0.25, 0.3) is 0 Å². The van der Waals surface area contributed by atoms with E-state index in [1.807, 2.05) is 0 Å². The summed E-state index contributed by atoms with van der Waals surface area (Å²) in [5, 5.41) is 5.51. The van der Waals surface area contributed by atoms with E-state index in [-0.39, 0.29) is 24.3 Å². The van der Waals surface area contributed by atoms with Gasteiger partial charge in [0, 0.05) is 25.2 Å². The predicted molar refractivity (Wildman–Crippen MR) is 77.2 cm³/mol. The molecule has 0 radical (unpaired) electrons. The van der Waals surface area contributed by atoms with E-state index in [0.29, 0.717) is 48.9 Å². The van der Waals surface area contributed by atoms with Crippen molar-refractivity contribution in [2.75, 3.05) is 36.2 Å². The van der Waals surface area contributed by atoms with Crippen LogP contribution in [-0.2, 0) is 14.3 Å². The molecule has 112 valence electrons. The molecule has 0 aliphatic carbocycles. The van der Waals surface area contributed by atoms with Gasteiger partial charge in [-0.15, -0.1) is 0 Å². The maximum Gasteiger partial charge on any atom is 0.262 e. The van der Waals surface area contributed by atoms with Gasteiger partial charge in [-0.05, 0) is 18.9 Å². The summed E-state index contributed by atoms with van der Waals surface area (Å²) in [7, 11) is 0. The Hall–Kier alpha value is -2.28. The molecular formula is C14H17N3O4. The third-order valence-electron chi connectivity index (χ3n) is 3.63. The lowest BCUT2D eigenvalue weighted by atomic mass is 9.99. The van der Waals surface area contributed by atoms with Crippen molar-refractivity contribution in [3.8, 4) is 5.75 Å². The van der Waals surface area contributed by atoms with Crippen molar-refractivity contribution in [3.63, 3.8) is 0 Å². The second kappa shape index (κ2) is 5.61. The van der Waals surface area contributed by atoms with E-state index >= 15 is 0 Å². The molecule has 2 amide bonds. The minimum Gasteiger partial charge on any atom is -0.482 e. The molecule has 0 unspecified atom stereocenters. The molecule has 1 fully saturated rings. The van der Waals surface area contributed by atoms with Crippen molar-refractivity contribution in [1.29, 1.82) is 0 Å². The van der Waals surface area contributed by atoms with Crippen molar-refractivity contribution in [2.24, 2.45) is 5.92 Å². The number of ether oxygens (including phenoxy) is 2. The van der Waals surface area contributed by atoms with E-state index in [1.54, 1.807) is 12.1 Å². The first kappa shape index (κ1) is 13.7. The number of hydrogen-bond donors (Lipinski definition) is 3. The summed E-state index contributed by atoms with van der Waals surface area (Å²) < 4.78 is 10.5. The Balaban J connectivity index is 1.77. The number of rotatable bonds is 2. The summed E-state index contributed by atoms with van der Waals surface area (Å²) in [5.74, 6) is 0.137. The van der Waals surface area contributed by atoms with Gasteiger partial charge in [-0.2, -0.15) is 0 Å². The van der Waals surface area contributed by atoms with Gasteiger partial charge < -0.3 is 25.8 Å². The molecule has 0 aromatic heterocycles. The normalized spacial score (nSPS) is 18.4. The summed E-state index contributed by atoms with van der Waals surface area (Å²) in [5.41, 5.74) is 7.33. The standard InChI is InChI=1S/C14H17N3O4/c15-9-5-12-11(16-13(18)7-21-12)6-10(9)17-14(19)8-1-3-20-4-2-8/h5-6,8H,1-4,7,15H2,(H,16,18)(H,17,19). The van der Waals surface area contributed by atoms with Gasteiger partial charge in [-0.3, -0.25) is 9.59 Å². The van der Waals surface area contributed by atoms with Gasteiger partial charge in [0.05, 0.1) is 17.1 Å². The highest BCUT2D eigenvalue weighted by Crippen LogP contribution is 2.35. The number of fused-ring (bicyclic) bond motifs is 1. The number of benzene rings is 1. The Morgan fingerprint density at radius 3 is 2.86 bits per heavy atom. The predicted octanol–water partition coefficient (Wildman–Crippen LogP) is 0.965. The molecule has 3 rings (SSSR count). The van der Waals surface area contributed by atoms with Crippen molar-refractivity contribution < 1.29 is 19.1 Å². The number of hydrogen-bond acceptors (Lipinski definition) is 5. The van der Waals surface area contributed by atoms with Gasteiger partial charge in [0.1, 0.15) is 5.75 Å². The van der Waals surface area contributed by atoms with Crippen LogP contribution < -0.4 is 21.1 Å². The monoisotopic (exact) mass is 291 g/mol. The van der Waals surface area contributed by atoms with Crippen LogP contribution in [0.1, 0.15) is 12.8 Å². The zero-order valence-corrected chi connectivity index (χ0v) is 11.5. The largest absolute Gasteiger partial charge is 0.482 e. The molecule has 2 aliphatic heterocycles. The second-order valence-corrected chi connectivity index (χ2v) is 5.15. The van der Waals surface area contributed by atoms with E-state index in [1.165, 1.54) is 0 Å². The van der Waals surface area contributed by atoms with Crippen LogP contribution in [0.4, 0.5) is 17.1 Å². The van der Waals surface area contributed by atoms with Gasteiger partial charge in [-0.1, -0.05) is 0 Å². The smallest absolute Gasteiger partial charge is 0.262 e. The number of carbonyl (C=O) groups is 2. The molecule has 0 spiro atoms. The molecule has 2 heterocycles. The maximum absolute atomic E-state index is 12.2. The van der Waals surface area contributed by atoms with Crippen LogP contribution in [0, 0.1) is 5.92 Å². The first-order valence-corrected chi connectivity index (χ1v) is 6.88. The van der Waals surface area contributed by atoms with E-state index in [9.17, 15) is 9.59 Å². The van der Waals surface area contributed by atoms with E-state index < -0.39 is 0 Å². The Morgan fingerprint density at radius 2 is 2.10 bits per heavy atom. The molecule has 7 nitrogen and oxygen atoms in total. The summed E-state index contributed by atoms with van der Waals surface area (Å²) in [6.45, 7) is 1.17. The Morgan fingerprint density at radius 1 is 1.33 bits per heavy atom. The second-order valence-electron chi connectivity index (χ2n) is 5.15. The van der Waals surface area contributed by atoms with Crippen LogP contribution in [0.3, 0.4) is 0 Å². The lowest BCUT2D eigenvalue weighted by molar-refractivity contribution is -0.122. The molecule has 21 heavy (non-hydrogen) atoms. The zero-order chi connectivity index (χ0) is 14.8. The number of nitrogen functional groups attached to an aromatic ring is 1. The lowest BCUT2D eigenvalue weighted by Crippen LogP contribution is -2.29. The van der Waals surface area contributed by atoms with Crippen molar-refractivity contribution in [3.05, 3.63) is 12.1 Å². The van der Waals surface area contributed by atoms with Gasteiger partial charge in [0.2, 0.25) is 5.91 Å². The van der Waals surface area contributed by atoms with Crippen LogP contribution in [0.15, 0.2) is 12.1 Å². The quantitative estimate of drug-likeness (QED) is 0.704. The third kappa shape index (κ3) is 2.92. The minimum atomic E-state index is -0.228. The van der Waals surface area contributed by atoms with Crippen molar-refractivity contribution >= 4 is 28.9 Å². The number of nitrogens with one attached hydrogen (secondary N) is 2. The average Bonchev–Trinajstić information content (AvgIpc) is 2.49. The topological polar surface area (TPSA) is 103 Å². The SMILES string of the molecule is Nc1cc2c(cc1NC(=O)C1CCOCC1)NC(=O)CO2. The molecular weight excluding hydrogens is 274 g/mol. The first-order valence-electron chi connectivity index (χ1n) is 6.88. The molecule has 1 aromatic carbocycles. The summed E-state index contributed by atoms with van der Waals surface area (Å²) in [6, 6.07) is 3.23. The molecule has 0 saturated carbocycles. The highest BCUT2D eigenvalue weighted by atomic mass is 16.5. The van der Waals surface area contributed by atoms with Crippen molar-refractivity contribution in [2.45, 2.75) is 12.8 Å². The summed E-state index contributed by atoms with van der Waals surface area (Å²) in [4.78, 5) is 23.5. The minimum absolute atomic E-state index is 0.0276. The number of nitrogens with two attached hydrogens (primary N) is 1. The highest BCUT2D eigenvalue weighted by Gasteiger charge is 2.23. The fourth-order valence-electron chi connectivity index (χ4n) is 2.45. The number of anilines is 3. The van der Waals surface area contributed by atoms with Crippen LogP contribution in [0.2, 0.25) is 0 Å². The Kier molecular flexibility index (Phi) is 3.66. The zero-order valence-electron chi connectivity index (χ0n) is 11.5. The summed E-state index contributed by atoms with van der Waals surface area (Å²) >= 11 is 0. The average molecular weight is 291 g/mol. The first-order chi connectivity index (χ1) is 10.1. The Labute approximate surface area is 121 Å². The van der Waals surface area contributed by atoms with E-state index in [0.717, 1.165) is 0 Å². The van der Waals surface area contributed by atoms with Crippen LogP contribution in [-0.4, -0.2) is 31.6 Å². The Bertz CT molecular complexity index is 582. The molecule has 0 atom stereocenters. The third-order valence-corrected chi connectivity index (χ3v) is 3.63. The number of carbonyl (C=O) groups excluding carboxylic acids is 2. The van der Waals surface area contributed by atoms with Gasteiger partial charge >= 0.3 is 0 Å². The summed E-state index contributed by atoms with van der Waals surface area (Å²) in [6.07, 6.45) is 1.41. The van der Waals surface area contributed by atoms with Gasteiger partial charge in [0.25, 0.3) is 5.91 Å². The molecule has 1 saturated heterocycles. The fraction of sp³-hybridized carbons (Fsp3) is 0.429. The van der Waals surface area contributed by atoms with Gasteiger partial charge in [-0.25, -0.2) is 0 Å². The fourth-order valence-corrected chi connectivity index (χ4v) is 2.45. The highest BCUT2D eigenvalue weighted by molar-refractivity contribution is 6.00. The molecule has 2 aliphatic rings. The lowest BCUT2D eigenvalue weighted by Gasteiger charge is -2.23. The van der Waals surface area contributed by atoms with E-state index in [4.69, 9.17) is 15.2 Å². The number of amides is 2. The maximum atomic E-state index is 12.2. The van der Waals surface area contributed by atoms with Gasteiger partial charge in [0.15, 0.2) is 6.61 Å². The molecule has 1 aromatic rings.